The predicted octanol–water partition coefficient (Wildman–Crippen LogP) is 0.150. The van der Waals surface area contributed by atoms with Crippen LogP contribution in [0.1, 0.15) is 23.5 Å². The van der Waals surface area contributed by atoms with E-state index in [0.717, 1.165) is 11.5 Å². The first-order valence-electron chi connectivity index (χ1n) is 5.37. The van der Waals surface area contributed by atoms with Crippen LogP contribution in [-0.2, 0) is 4.74 Å². The summed E-state index contributed by atoms with van der Waals surface area (Å²) in [5.74, 6) is -0.102. The van der Waals surface area contributed by atoms with Crippen molar-refractivity contribution in [3.05, 3.63) is 11.1 Å². The first kappa shape index (κ1) is 12.4. The molecule has 1 amide bonds. The fourth-order valence-electron chi connectivity index (χ4n) is 1.96. The van der Waals surface area contributed by atoms with Gasteiger partial charge < -0.3 is 14.7 Å². The number of hydrogen-bond donors (Lipinski definition) is 1. The van der Waals surface area contributed by atoms with Crippen LogP contribution in [0.2, 0.25) is 0 Å². The average Bonchev–Trinajstić information content (AvgIpc) is 2.79. The predicted molar refractivity (Wildman–Crippen MR) is 61.9 cm³/mol. The lowest BCUT2D eigenvalue weighted by molar-refractivity contribution is -0.139. The van der Waals surface area contributed by atoms with E-state index in [1.165, 1.54) is 6.20 Å². The summed E-state index contributed by atoms with van der Waals surface area (Å²) in [5, 5.41) is 12.8. The van der Waals surface area contributed by atoms with Crippen molar-refractivity contribution >= 4 is 17.4 Å². The molecule has 1 unspecified atom stereocenters. The summed E-state index contributed by atoms with van der Waals surface area (Å²) >= 11 is 1.08. The van der Waals surface area contributed by atoms with Crippen LogP contribution in [0.5, 0.6) is 0 Å². The molecule has 0 saturated carbocycles. The highest BCUT2D eigenvalue weighted by Gasteiger charge is 2.36. The number of hydrogen-bond acceptors (Lipinski definition) is 6. The second-order valence-electron chi connectivity index (χ2n) is 4.65. The first-order chi connectivity index (χ1) is 8.02. The van der Waals surface area contributed by atoms with Gasteiger partial charge in [0.2, 0.25) is 0 Å². The van der Waals surface area contributed by atoms with E-state index < -0.39 is 5.60 Å². The molecule has 0 aliphatic carbocycles. The summed E-state index contributed by atoms with van der Waals surface area (Å²) in [7, 11) is 0. The largest absolute Gasteiger partial charge is 0.394 e. The summed E-state index contributed by atoms with van der Waals surface area (Å²) < 4.78 is 9.33. The number of rotatable bonds is 2. The normalized spacial score (nSPS) is 23.7. The Kier molecular flexibility index (Phi) is 3.41. The van der Waals surface area contributed by atoms with Gasteiger partial charge in [0.05, 0.1) is 24.5 Å². The van der Waals surface area contributed by atoms with Crippen molar-refractivity contribution in [2.24, 2.45) is 0 Å². The quantitative estimate of drug-likeness (QED) is 0.816. The number of aliphatic hydroxyl groups is 1. The number of aromatic nitrogens is 2. The lowest BCUT2D eigenvalue weighted by atomic mass is 10.1. The molecule has 1 aromatic rings. The van der Waals surface area contributed by atoms with Gasteiger partial charge in [-0.2, -0.15) is 0 Å². The number of morpholine rings is 1. The molecule has 2 heterocycles. The monoisotopic (exact) mass is 257 g/mol. The third kappa shape index (κ3) is 2.80. The van der Waals surface area contributed by atoms with Gasteiger partial charge in [0.25, 0.3) is 5.91 Å². The van der Waals surface area contributed by atoms with Crippen molar-refractivity contribution < 1.29 is 14.6 Å². The van der Waals surface area contributed by atoms with Gasteiger partial charge in [0.15, 0.2) is 0 Å². The van der Waals surface area contributed by atoms with Crippen LogP contribution < -0.4 is 0 Å². The van der Waals surface area contributed by atoms with Crippen molar-refractivity contribution in [2.45, 2.75) is 25.6 Å². The molecular formula is C10H15N3O3S. The minimum absolute atomic E-state index is 0.0891. The molecule has 1 saturated heterocycles. The Morgan fingerprint density at radius 1 is 1.76 bits per heavy atom. The Balaban J connectivity index is 2.12. The molecule has 0 bridgehead atoms. The van der Waals surface area contributed by atoms with E-state index >= 15 is 0 Å². The maximum atomic E-state index is 12.1. The van der Waals surface area contributed by atoms with Crippen LogP contribution in [0.15, 0.2) is 6.20 Å². The van der Waals surface area contributed by atoms with E-state index in [-0.39, 0.29) is 18.6 Å². The third-order valence-corrected chi connectivity index (χ3v) is 3.20. The average molecular weight is 257 g/mol. The van der Waals surface area contributed by atoms with Crippen molar-refractivity contribution in [1.29, 1.82) is 0 Å². The van der Waals surface area contributed by atoms with Crippen LogP contribution in [0.4, 0.5) is 0 Å². The molecule has 6 nitrogen and oxygen atoms in total. The Bertz CT molecular complexity index is 394. The SMILES string of the molecule is CC1(C)CN(C(=O)c2cnns2)CC(CO)O1. The van der Waals surface area contributed by atoms with Gasteiger partial charge in [-0.15, -0.1) is 5.10 Å². The summed E-state index contributed by atoms with van der Waals surface area (Å²) in [6, 6.07) is 0. The van der Waals surface area contributed by atoms with Crippen LogP contribution in [0.25, 0.3) is 0 Å². The van der Waals surface area contributed by atoms with Gasteiger partial charge in [-0.3, -0.25) is 4.79 Å². The fraction of sp³-hybridized carbons (Fsp3) is 0.700. The lowest BCUT2D eigenvalue weighted by Gasteiger charge is -2.42. The van der Waals surface area contributed by atoms with E-state index in [2.05, 4.69) is 9.59 Å². The van der Waals surface area contributed by atoms with E-state index in [1.54, 1.807) is 4.90 Å². The Morgan fingerprint density at radius 3 is 3.12 bits per heavy atom. The molecule has 1 aliphatic heterocycles. The highest BCUT2D eigenvalue weighted by molar-refractivity contribution is 7.07. The number of amides is 1. The van der Waals surface area contributed by atoms with Gasteiger partial charge >= 0.3 is 0 Å². The number of nitrogens with zero attached hydrogens (tertiary/aromatic N) is 3. The molecule has 1 fully saturated rings. The zero-order chi connectivity index (χ0) is 12.5. The van der Waals surface area contributed by atoms with Crippen molar-refractivity contribution in [3.8, 4) is 0 Å². The van der Waals surface area contributed by atoms with E-state index in [0.29, 0.717) is 18.0 Å². The minimum atomic E-state index is -0.445. The maximum Gasteiger partial charge on any atom is 0.267 e. The van der Waals surface area contributed by atoms with Crippen molar-refractivity contribution in [2.75, 3.05) is 19.7 Å². The Morgan fingerprint density at radius 2 is 2.53 bits per heavy atom. The first-order valence-corrected chi connectivity index (χ1v) is 6.14. The summed E-state index contributed by atoms with van der Waals surface area (Å²) in [5.41, 5.74) is -0.445. The van der Waals surface area contributed by atoms with Crippen LogP contribution in [0.3, 0.4) is 0 Å². The smallest absolute Gasteiger partial charge is 0.267 e. The van der Waals surface area contributed by atoms with Gasteiger partial charge in [0.1, 0.15) is 4.88 Å². The lowest BCUT2D eigenvalue weighted by Crippen LogP contribution is -2.55. The number of carbonyl (C=O) groups is 1. The van der Waals surface area contributed by atoms with Crippen molar-refractivity contribution in [1.82, 2.24) is 14.5 Å². The zero-order valence-corrected chi connectivity index (χ0v) is 10.6. The number of carbonyl (C=O) groups excluding carboxylic acids is 1. The Labute approximate surface area is 103 Å². The van der Waals surface area contributed by atoms with E-state index in [4.69, 9.17) is 9.84 Å². The Hall–Kier alpha value is -1.05. The molecule has 17 heavy (non-hydrogen) atoms. The third-order valence-electron chi connectivity index (χ3n) is 2.54. The standard InChI is InChI=1S/C10H15N3O3S/c1-10(2)6-13(4-7(5-14)16-10)9(15)8-3-11-12-17-8/h3,7,14H,4-6H2,1-2H3. The van der Waals surface area contributed by atoms with Gasteiger partial charge in [-0.05, 0) is 25.4 Å². The molecular weight excluding hydrogens is 242 g/mol. The van der Waals surface area contributed by atoms with Gasteiger partial charge in [-0.1, -0.05) is 4.49 Å². The molecule has 0 aromatic carbocycles. The summed E-state index contributed by atoms with van der Waals surface area (Å²) in [6.07, 6.45) is 1.13. The number of aliphatic hydroxyl groups excluding tert-OH is 1. The molecule has 94 valence electrons. The number of ether oxygens (including phenoxy) is 1. The molecule has 1 aliphatic rings. The molecule has 0 radical (unpaired) electrons. The minimum Gasteiger partial charge on any atom is -0.394 e. The second-order valence-corrected chi connectivity index (χ2v) is 5.44. The zero-order valence-electron chi connectivity index (χ0n) is 9.79. The van der Waals surface area contributed by atoms with E-state index in [9.17, 15) is 4.79 Å². The molecule has 1 atom stereocenters. The summed E-state index contributed by atoms with van der Waals surface area (Å²) in [4.78, 5) is 14.3. The van der Waals surface area contributed by atoms with Gasteiger partial charge in [-0.25, -0.2) is 0 Å². The van der Waals surface area contributed by atoms with Gasteiger partial charge in [0, 0.05) is 13.1 Å². The van der Waals surface area contributed by atoms with Crippen molar-refractivity contribution in [3.63, 3.8) is 0 Å². The highest BCUT2D eigenvalue weighted by Crippen LogP contribution is 2.22. The van der Waals surface area contributed by atoms with Crippen LogP contribution >= 0.6 is 11.5 Å². The van der Waals surface area contributed by atoms with Crippen LogP contribution in [0, 0.1) is 0 Å². The summed E-state index contributed by atoms with van der Waals surface area (Å²) in [6.45, 7) is 4.62. The highest BCUT2D eigenvalue weighted by atomic mass is 32.1. The molecule has 1 N–H and O–H groups in total. The molecule has 2 rings (SSSR count). The maximum absolute atomic E-state index is 12.1. The molecule has 0 spiro atoms. The second kappa shape index (κ2) is 4.67. The molecule has 1 aromatic heterocycles. The fourth-order valence-corrected chi connectivity index (χ4v) is 2.45. The topological polar surface area (TPSA) is 75.6 Å². The van der Waals surface area contributed by atoms with Crippen LogP contribution in [-0.4, -0.2) is 56.9 Å². The van der Waals surface area contributed by atoms with E-state index in [1.807, 2.05) is 13.8 Å². The molecule has 7 heteroatoms.